The topological polar surface area (TPSA) is 112 Å². The lowest BCUT2D eigenvalue weighted by atomic mass is 9.91. The van der Waals surface area contributed by atoms with Gasteiger partial charge in [0.25, 0.3) is 5.56 Å². The van der Waals surface area contributed by atoms with Crippen molar-refractivity contribution in [3.8, 4) is 22.3 Å². The molecule has 9 nitrogen and oxygen atoms in total. The molecule has 2 heterocycles. The largest absolute Gasteiger partial charge is 0.292 e. The first kappa shape index (κ1) is 34.6. The maximum absolute atomic E-state index is 13.2. The zero-order valence-corrected chi connectivity index (χ0v) is 27.1. The summed E-state index contributed by atoms with van der Waals surface area (Å²) in [4.78, 5) is 39.5. The number of carbonyl (C=O) groups excluding carboxylic acids is 1. The molecule has 0 spiro atoms. The van der Waals surface area contributed by atoms with Gasteiger partial charge in [0.05, 0.1) is 50.1 Å². The number of aromatic amines is 1. The Morgan fingerprint density at radius 2 is 1.17 bits per heavy atom. The van der Waals surface area contributed by atoms with Crippen molar-refractivity contribution in [2.24, 2.45) is 4.99 Å². The van der Waals surface area contributed by atoms with Crippen LogP contribution < -0.4 is 5.56 Å². The molecule has 5 aromatic rings. The van der Waals surface area contributed by atoms with E-state index >= 15 is 0 Å². The first-order chi connectivity index (χ1) is 23.4. The Labute approximate surface area is 282 Å². The third-order valence-corrected chi connectivity index (χ3v) is 8.19. The smallest absolute Gasteiger partial charge is 0.272 e. The molecule has 0 aliphatic carbocycles. The van der Waals surface area contributed by atoms with Crippen LogP contribution in [0.5, 0.6) is 0 Å². The average molecular weight is 688 g/mol. The second-order valence-corrected chi connectivity index (χ2v) is 11.4. The second-order valence-electron chi connectivity index (χ2n) is 9.87. The normalized spacial score (nSPS) is 12.5. The molecule has 0 unspecified atom stereocenters. The van der Waals surface area contributed by atoms with Crippen molar-refractivity contribution in [2.75, 3.05) is 20.8 Å². The lowest BCUT2D eigenvalue weighted by molar-refractivity contribution is -0.160. The molecule has 0 bridgehead atoms. The highest BCUT2D eigenvalue weighted by molar-refractivity contribution is 7.94. The fourth-order valence-corrected chi connectivity index (χ4v) is 5.50. The second kappa shape index (κ2) is 16.9. The van der Waals surface area contributed by atoms with Crippen LogP contribution in [-0.4, -0.2) is 43.0 Å². The third-order valence-electron chi connectivity index (χ3n) is 6.85. The number of halogens is 2. The number of H-pyrrole nitrogens is 1. The number of nitrogens with zero attached hydrogens (tertiary/aromatic N) is 2. The fraction of sp³-hybridized carbons (Fsp3) is 0.0857. The molecule has 0 saturated heterocycles. The number of aliphatic imine (C=N–C) groups is 1. The lowest BCUT2D eigenvalue weighted by Gasteiger charge is -2.15. The van der Waals surface area contributed by atoms with Crippen LogP contribution in [0, 0.1) is 11.6 Å². The molecule has 244 valence electrons. The van der Waals surface area contributed by atoms with Gasteiger partial charge in [0.15, 0.2) is 5.78 Å². The van der Waals surface area contributed by atoms with Crippen LogP contribution in [0.2, 0.25) is 0 Å². The molecule has 0 fully saturated rings. The van der Waals surface area contributed by atoms with Crippen LogP contribution in [0.3, 0.4) is 0 Å². The van der Waals surface area contributed by atoms with E-state index in [1.54, 1.807) is 36.7 Å². The van der Waals surface area contributed by atoms with E-state index in [4.69, 9.17) is 8.67 Å². The highest BCUT2D eigenvalue weighted by atomic mass is 32.2. The summed E-state index contributed by atoms with van der Waals surface area (Å²) in [5.41, 5.74) is 5.02. The van der Waals surface area contributed by atoms with Crippen molar-refractivity contribution in [1.82, 2.24) is 10.2 Å². The van der Waals surface area contributed by atoms with Gasteiger partial charge in [0.2, 0.25) is 0 Å². The van der Waals surface area contributed by atoms with Crippen molar-refractivity contribution in [1.29, 1.82) is 0 Å². The Hall–Kier alpha value is -4.76. The molecule has 1 aliphatic heterocycles. The number of ketones is 1. The number of aromatic nitrogens is 2. The van der Waals surface area contributed by atoms with Crippen molar-refractivity contribution in [3.05, 3.63) is 136 Å². The Kier molecular flexibility index (Phi) is 12.2. The molecule has 48 heavy (non-hydrogen) atoms. The molecule has 0 radical (unpaired) electrons. The van der Waals surface area contributed by atoms with Crippen LogP contribution >= 0.6 is 24.1 Å². The molecule has 0 saturated carbocycles. The predicted octanol–water partition coefficient (Wildman–Crippen LogP) is 7.80. The highest BCUT2D eigenvalue weighted by Crippen LogP contribution is 2.32. The Balaban J connectivity index is 0.000000188. The van der Waals surface area contributed by atoms with Gasteiger partial charge in [-0.2, -0.15) is 13.8 Å². The summed E-state index contributed by atoms with van der Waals surface area (Å²) in [5.74, 6) is -0.775. The zero-order valence-electron chi connectivity index (χ0n) is 25.5. The van der Waals surface area contributed by atoms with Gasteiger partial charge in [0.1, 0.15) is 18.2 Å². The summed E-state index contributed by atoms with van der Waals surface area (Å²) < 4.78 is 35.9. The maximum atomic E-state index is 13.2. The van der Waals surface area contributed by atoms with Crippen LogP contribution in [-0.2, 0) is 23.2 Å². The van der Waals surface area contributed by atoms with Crippen LogP contribution in [0.25, 0.3) is 33.4 Å². The Morgan fingerprint density at radius 3 is 1.71 bits per heavy atom. The molecular formula is C35H27F2N3O6S2. The van der Waals surface area contributed by atoms with Gasteiger partial charge in [-0.25, -0.2) is 23.7 Å². The van der Waals surface area contributed by atoms with Gasteiger partial charge in [0, 0.05) is 32.7 Å². The first-order valence-corrected chi connectivity index (χ1v) is 15.7. The summed E-state index contributed by atoms with van der Waals surface area (Å²) >= 11 is 2.18. The van der Waals surface area contributed by atoms with Gasteiger partial charge < -0.3 is 0 Å². The molecule has 6 rings (SSSR count). The fourth-order valence-electron chi connectivity index (χ4n) is 4.71. The number of benzene rings is 4. The van der Waals surface area contributed by atoms with E-state index in [-0.39, 0.29) is 29.5 Å². The van der Waals surface area contributed by atoms with Crippen molar-refractivity contribution in [2.45, 2.75) is 9.79 Å². The zero-order chi connectivity index (χ0) is 33.9. The summed E-state index contributed by atoms with van der Waals surface area (Å²) in [5, 5.41) is 6.30. The van der Waals surface area contributed by atoms with E-state index in [1.807, 2.05) is 48.5 Å². The number of allylic oxidation sites excluding steroid dienone is 1. The van der Waals surface area contributed by atoms with Crippen molar-refractivity contribution >= 4 is 47.2 Å². The maximum Gasteiger partial charge on any atom is 0.272 e. The quantitative estimate of drug-likeness (QED) is 0.0893. The van der Waals surface area contributed by atoms with Crippen LogP contribution in [0.4, 0.5) is 8.78 Å². The first-order valence-electron chi connectivity index (χ1n) is 14.2. The minimum absolute atomic E-state index is 0.0831. The number of nitrogens with one attached hydrogen (secondary N) is 1. The molecule has 0 amide bonds. The molecular weight excluding hydrogens is 661 g/mol. The highest BCUT2D eigenvalue weighted by Gasteiger charge is 2.21. The standard InChI is InChI=1S/C18H14FNO3S.C17H13FN2O3S/c1-22-23-24-15-8-4-12(5-9-15)16-10-20-11-17(21)18(16)13-2-6-14(19)7-3-13;1-22-23-24-14-8-4-11(5-9-14)15-10-19-20-17(21)16(15)12-2-6-13(18)7-3-12/h2-10H,11H2,1H3;2-10H,1H3,(H,20,21). The van der Waals surface area contributed by atoms with Crippen LogP contribution in [0.15, 0.2) is 123 Å². The molecule has 13 heteroatoms. The monoisotopic (exact) mass is 687 g/mol. The predicted molar refractivity (Wildman–Crippen MR) is 182 cm³/mol. The summed E-state index contributed by atoms with van der Waals surface area (Å²) in [6.45, 7) is 0.103. The minimum atomic E-state index is -0.356. The summed E-state index contributed by atoms with van der Waals surface area (Å²) in [7, 11) is 2.86. The third kappa shape index (κ3) is 8.77. The number of dihydropyridines is 1. The molecule has 1 aliphatic rings. The van der Waals surface area contributed by atoms with E-state index in [1.165, 1.54) is 38.5 Å². The minimum Gasteiger partial charge on any atom is -0.292 e. The van der Waals surface area contributed by atoms with Crippen LogP contribution in [0.1, 0.15) is 11.1 Å². The SMILES string of the molecule is COOSc1ccc(-c2cn[nH]c(=O)c2-c2ccc(F)cc2)cc1.COOSc1ccc(C2=C(c3ccc(F)cc3)C(=O)CN=C2)cc1. The number of rotatable bonds is 10. The summed E-state index contributed by atoms with van der Waals surface area (Å²) in [6.07, 6.45) is 3.27. The molecule has 0 atom stereocenters. The molecule has 4 aromatic carbocycles. The average Bonchev–Trinajstić information content (AvgIpc) is 3.11. The summed E-state index contributed by atoms with van der Waals surface area (Å²) in [6, 6.07) is 26.6. The lowest BCUT2D eigenvalue weighted by Crippen LogP contribution is -2.13. The van der Waals surface area contributed by atoms with Gasteiger partial charge in [-0.3, -0.25) is 14.6 Å². The van der Waals surface area contributed by atoms with E-state index in [9.17, 15) is 18.4 Å². The van der Waals surface area contributed by atoms with Gasteiger partial charge in [-0.1, -0.05) is 48.5 Å². The number of carbonyl (C=O) groups is 1. The molecule has 1 aromatic heterocycles. The van der Waals surface area contributed by atoms with E-state index in [0.29, 0.717) is 27.8 Å². The van der Waals surface area contributed by atoms with Gasteiger partial charge in [-0.05, 0) is 70.8 Å². The van der Waals surface area contributed by atoms with Gasteiger partial charge in [-0.15, -0.1) is 0 Å². The van der Waals surface area contributed by atoms with E-state index in [0.717, 1.165) is 50.6 Å². The van der Waals surface area contributed by atoms with Crippen molar-refractivity contribution < 1.29 is 32.0 Å². The molecule has 1 N–H and O–H groups in total. The Morgan fingerprint density at radius 1 is 0.667 bits per heavy atom. The number of hydrogen-bond donors (Lipinski definition) is 1. The number of Topliss-reactive ketones (excluding diaryl/α,β-unsaturated/α-hetero) is 1. The van der Waals surface area contributed by atoms with Gasteiger partial charge >= 0.3 is 0 Å². The van der Waals surface area contributed by atoms with Crippen molar-refractivity contribution in [3.63, 3.8) is 0 Å². The van der Waals surface area contributed by atoms with E-state index in [2.05, 4.69) is 25.0 Å². The number of hydrogen-bond acceptors (Lipinski definition) is 10. The van der Waals surface area contributed by atoms with E-state index < -0.39 is 0 Å². The Bertz CT molecular complexity index is 1970.